The van der Waals surface area contributed by atoms with Crippen LogP contribution >= 0.6 is 8.03 Å². The van der Waals surface area contributed by atoms with Crippen LogP contribution in [0.2, 0.25) is 0 Å². The third-order valence-corrected chi connectivity index (χ3v) is 4.56. The van der Waals surface area contributed by atoms with Gasteiger partial charge in [0.15, 0.2) is 0 Å². The Balaban J connectivity index is 2.37. The summed E-state index contributed by atoms with van der Waals surface area (Å²) in [6.45, 7) is 6.12. The second-order valence-electron chi connectivity index (χ2n) is 4.90. The molecule has 0 N–H and O–H groups in total. The summed E-state index contributed by atoms with van der Waals surface area (Å²) in [5.74, 6) is 0.780. The molecule has 2 aromatic rings. The highest BCUT2D eigenvalue weighted by Crippen LogP contribution is 2.45. The van der Waals surface area contributed by atoms with Crippen molar-refractivity contribution in [2.24, 2.45) is 0 Å². The summed E-state index contributed by atoms with van der Waals surface area (Å²) in [7, 11) is -2.16. The van der Waals surface area contributed by atoms with Crippen molar-refractivity contribution in [1.29, 1.82) is 0 Å². The molecule has 0 bridgehead atoms. The minimum atomic E-state index is -2.16. The molecular formula is C15H15O2P. The maximum absolute atomic E-state index is 12.2. The lowest BCUT2D eigenvalue weighted by Crippen LogP contribution is -2.11. The van der Waals surface area contributed by atoms with E-state index in [2.05, 4.69) is 32.0 Å². The zero-order valence-electron chi connectivity index (χ0n) is 10.7. The fourth-order valence-corrected chi connectivity index (χ4v) is 3.71. The second kappa shape index (κ2) is 4.00. The highest BCUT2D eigenvalue weighted by Gasteiger charge is 2.24. The summed E-state index contributed by atoms with van der Waals surface area (Å²) in [6, 6.07) is 10.2. The highest BCUT2D eigenvalue weighted by atomic mass is 31.1. The molecule has 3 heteroatoms. The Kier molecular flexibility index (Phi) is 2.57. The lowest BCUT2D eigenvalue weighted by Gasteiger charge is -2.23. The minimum absolute atomic E-state index is 0.780. The third-order valence-electron chi connectivity index (χ3n) is 3.30. The maximum Gasteiger partial charge on any atom is 0.266 e. The quantitative estimate of drug-likeness (QED) is 0.672. The summed E-state index contributed by atoms with van der Waals surface area (Å²) in [6.07, 6.45) is 0. The van der Waals surface area contributed by atoms with Crippen LogP contribution in [0.5, 0.6) is 5.75 Å². The predicted molar refractivity (Wildman–Crippen MR) is 75.4 cm³/mol. The van der Waals surface area contributed by atoms with Crippen molar-refractivity contribution in [3.63, 3.8) is 0 Å². The van der Waals surface area contributed by atoms with E-state index in [1.165, 1.54) is 11.1 Å². The van der Waals surface area contributed by atoms with E-state index < -0.39 is 8.03 Å². The molecule has 2 nitrogen and oxygen atoms in total. The Morgan fingerprint density at radius 1 is 0.944 bits per heavy atom. The van der Waals surface area contributed by atoms with Gasteiger partial charge in [-0.05, 0) is 49.6 Å². The molecule has 1 atom stereocenters. The SMILES string of the molecule is Cc1ccc2c(c1)-c1cc(C)cc(C)c1O[PH]2=O. The Morgan fingerprint density at radius 3 is 2.44 bits per heavy atom. The number of aryl methyl sites for hydroxylation is 3. The maximum atomic E-state index is 12.2. The molecule has 1 aliphatic heterocycles. The van der Waals surface area contributed by atoms with Crippen molar-refractivity contribution in [2.75, 3.05) is 0 Å². The molecule has 0 spiro atoms. The molecule has 1 aliphatic rings. The molecule has 0 saturated heterocycles. The number of fused-ring (bicyclic) bond motifs is 3. The Morgan fingerprint density at radius 2 is 1.67 bits per heavy atom. The molecule has 2 aromatic carbocycles. The smallest absolute Gasteiger partial charge is 0.266 e. The van der Waals surface area contributed by atoms with E-state index in [0.717, 1.165) is 27.7 Å². The van der Waals surface area contributed by atoms with Crippen molar-refractivity contribution in [1.82, 2.24) is 0 Å². The molecule has 0 radical (unpaired) electrons. The van der Waals surface area contributed by atoms with E-state index in [4.69, 9.17) is 4.52 Å². The van der Waals surface area contributed by atoms with Crippen molar-refractivity contribution >= 4 is 13.3 Å². The fraction of sp³-hybridized carbons (Fsp3) is 0.200. The van der Waals surface area contributed by atoms with Gasteiger partial charge in [-0.2, -0.15) is 0 Å². The first-order valence-corrected chi connectivity index (χ1v) is 7.32. The fourth-order valence-electron chi connectivity index (χ4n) is 2.50. The Bertz CT molecular complexity index is 674. The van der Waals surface area contributed by atoms with Gasteiger partial charge in [-0.15, -0.1) is 0 Å². The van der Waals surface area contributed by atoms with E-state index in [9.17, 15) is 4.57 Å². The van der Waals surface area contributed by atoms with Crippen LogP contribution in [-0.4, -0.2) is 0 Å². The molecule has 1 heterocycles. The van der Waals surface area contributed by atoms with E-state index in [0.29, 0.717) is 0 Å². The largest absolute Gasteiger partial charge is 0.441 e. The van der Waals surface area contributed by atoms with Gasteiger partial charge >= 0.3 is 0 Å². The van der Waals surface area contributed by atoms with Gasteiger partial charge in [0.25, 0.3) is 8.03 Å². The summed E-state index contributed by atoms with van der Waals surface area (Å²) in [5, 5.41) is 0.836. The minimum Gasteiger partial charge on any atom is -0.441 e. The van der Waals surface area contributed by atoms with Gasteiger partial charge in [0.05, 0.1) is 5.30 Å². The van der Waals surface area contributed by atoms with Crippen molar-refractivity contribution in [3.05, 3.63) is 47.0 Å². The topological polar surface area (TPSA) is 26.3 Å². The number of hydrogen-bond acceptors (Lipinski definition) is 2. The highest BCUT2D eigenvalue weighted by molar-refractivity contribution is 7.49. The Hall–Kier alpha value is -1.53. The van der Waals surface area contributed by atoms with Crippen LogP contribution in [0.4, 0.5) is 0 Å². The summed E-state index contributed by atoms with van der Waals surface area (Å²) < 4.78 is 17.8. The van der Waals surface area contributed by atoms with Crippen LogP contribution in [0, 0.1) is 20.8 Å². The lowest BCUT2D eigenvalue weighted by atomic mass is 9.98. The molecule has 0 saturated carbocycles. The van der Waals surface area contributed by atoms with Crippen LogP contribution in [0.1, 0.15) is 16.7 Å². The Labute approximate surface area is 107 Å². The summed E-state index contributed by atoms with van der Waals surface area (Å²) >= 11 is 0. The van der Waals surface area contributed by atoms with Crippen LogP contribution in [0.15, 0.2) is 30.3 Å². The molecule has 0 fully saturated rings. The van der Waals surface area contributed by atoms with Gasteiger partial charge in [0, 0.05) is 5.56 Å². The molecule has 0 aliphatic carbocycles. The van der Waals surface area contributed by atoms with Crippen LogP contribution < -0.4 is 9.83 Å². The van der Waals surface area contributed by atoms with Crippen molar-refractivity contribution in [2.45, 2.75) is 20.8 Å². The number of benzene rings is 2. The van der Waals surface area contributed by atoms with Crippen molar-refractivity contribution in [3.8, 4) is 16.9 Å². The molecule has 92 valence electrons. The average molecular weight is 258 g/mol. The van der Waals surface area contributed by atoms with Gasteiger partial charge in [-0.25, -0.2) is 0 Å². The average Bonchev–Trinajstić information content (AvgIpc) is 2.31. The molecule has 1 unspecified atom stereocenters. The molecule has 0 aromatic heterocycles. The van der Waals surface area contributed by atoms with Crippen LogP contribution in [0.25, 0.3) is 11.1 Å². The molecule has 3 rings (SSSR count). The third kappa shape index (κ3) is 1.69. The first-order chi connectivity index (χ1) is 8.56. The lowest BCUT2D eigenvalue weighted by molar-refractivity contribution is 0.511. The van der Waals surface area contributed by atoms with Gasteiger partial charge < -0.3 is 4.52 Å². The second-order valence-corrected chi connectivity index (χ2v) is 6.21. The molecule has 18 heavy (non-hydrogen) atoms. The standard InChI is InChI=1S/C15H15O2P/c1-9-4-5-14-12(7-9)13-8-10(2)6-11(3)15(13)17-18(14)16/h4-8,18H,1-3H3. The van der Waals surface area contributed by atoms with Gasteiger partial charge in [-0.1, -0.05) is 23.8 Å². The van der Waals surface area contributed by atoms with E-state index in [-0.39, 0.29) is 0 Å². The summed E-state index contributed by atoms with van der Waals surface area (Å²) in [5.41, 5.74) is 5.55. The molecule has 0 amide bonds. The zero-order valence-corrected chi connectivity index (χ0v) is 11.7. The predicted octanol–water partition coefficient (Wildman–Crippen LogP) is 3.77. The first-order valence-electron chi connectivity index (χ1n) is 6.01. The summed E-state index contributed by atoms with van der Waals surface area (Å²) in [4.78, 5) is 0. The van der Waals surface area contributed by atoms with Gasteiger partial charge in [0.2, 0.25) is 0 Å². The first kappa shape index (κ1) is 11.6. The van der Waals surface area contributed by atoms with Crippen molar-refractivity contribution < 1.29 is 9.09 Å². The number of hydrogen-bond donors (Lipinski definition) is 0. The van der Waals surface area contributed by atoms with Gasteiger partial charge in [0.1, 0.15) is 5.75 Å². The van der Waals surface area contributed by atoms with E-state index >= 15 is 0 Å². The monoisotopic (exact) mass is 258 g/mol. The van der Waals surface area contributed by atoms with Crippen LogP contribution in [0.3, 0.4) is 0 Å². The van der Waals surface area contributed by atoms with Crippen LogP contribution in [-0.2, 0) is 4.57 Å². The normalized spacial score (nSPS) is 16.7. The number of rotatable bonds is 0. The van der Waals surface area contributed by atoms with E-state index in [1.54, 1.807) is 0 Å². The zero-order chi connectivity index (χ0) is 12.9. The van der Waals surface area contributed by atoms with E-state index in [1.807, 2.05) is 19.1 Å². The molecular weight excluding hydrogens is 243 g/mol. The van der Waals surface area contributed by atoms with Gasteiger partial charge in [-0.3, -0.25) is 4.57 Å².